The van der Waals surface area contributed by atoms with Gasteiger partial charge < -0.3 is 10.6 Å². The minimum absolute atomic E-state index is 0. The molecule has 1 aliphatic rings. The van der Waals surface area contributed by atoms with E-state index in [-0.39, 0.29) is 29.6 Å². The zero-order valence-electron chi connectivity index (χ0n) is 10.6. The predicted octanol–water partition coefficient (Wildman–Crippen LogP) is 2.18. The standard InChI is InChI=1S/C13H16F2N2O.ClH/c1-8-5-10(12(15)6-11(8)14)13(18)17-9-3-2-4-16-7-9;/h5-6,9,16H,2-4,7H2,1H3,(H,17,18);1H. The van der Waals surface area contributed by atoms with Crippen molar-refractivity contribution in [1.29, 1.82) is 0 Å². The van der Waals surface area contributed by atoms with Crippen molar-refractivity contribution in [2.75, 3.05) is 13.1 Å². The summed E-state index contributed by atoms with van der Waals surface area (Å²) in [5.41, 5.74) is 0.169. The topological polar surface area (TPSA) is 41.1 Å². The van der Waals surface area contributed by atoms with E-state index in [0.29, 0.717) is 6.54 Å². The molecule has 1 aromatic carbocycles. The summed E-state index contributed by atoms with van der Waals surface area (Å²) < 4.78 is 26.6. The van der Waals surface area contributed by atoms with Crippen LogP contribution in [-0.2, 0) is 0 Å². The Kier molecular flexibility index (Phi) is 5.69. The molecule has 2 N–H and O–H groups in total. The molecule has 1 heterocycles. The van der Waals surface area contributed by atoms with Crippen LogP contribution in [0.2, 0.25) is 0 Å². The first kappa shape index (κ1) is 15.9. The van der Waals surface area contributed by atoms with Crippen LogP contribution in [0.5, 0.6) is 0 Å². The highest BCUT2D eigenvalue weighted by molar-refractivity contribution is 5.94. The normalized spacial score (nSPS) is 18.6. The van der Waals surface area contributed by atoms with E-state index in [1.165, 1.54) is 13.0 Å². The van der Waals surface area contributed by atoms with Crippen molar-refractivity contribution in [3.05, 3.63) is 34.9 Å². The number of aryl methyl sites for hydroxylation is 1. The zero-order chi connectivity index (χ0) is 13.1. The highest BCUT2D eigenvalue weighted by Crippen LogP contribution is 2.14. The third-order valence-corrected chi connectivity index (χ3v) is 3.13. The van der Waals surface area contributed by atoms with Gasteiger partial charge in [-0.25, -0.2) is 8.78 Å². The molecule has 1 atom stereocenters. The lowest BCUT2D eigenvalue weighted by atomic mass is 10.1. The maximum atomic E-state index is 13.5. The van der Waals surface area contributed by atoms with Crippen LogP contribution in [0, 0.1) is 18.6 Å². The van der Waals surface area contributed by atoms with Crippen LogP contribution in [0.3, 0.4) is 0 Å². The first-order chi connectivity index (χ1) is 8.58. The van der Waals surface area contributed by atoms with Gasteiger partial charge in [0.1, 0.15) is 11.6 Å². The third kappa shape index (κ3) is 3.88. The summed E-state index contributed by atoms with van der Waals surface area (Å²) in [6, 6.07) is 2.01. The SMILES string of the molecule is Cc1cc(C(=O)NC2CCCNC2)c(F)cc1F.Cl. The second-order valence-corrected chi connectivity index (χ2v) is 4.60. The largest absolute Gasteiger partial charge is 0.348 e. The number of carbonyl (C=O) groups is 1. The van der Waals surface area contributed by atoms with E-state index in [2.05, 4.69) is 10.6 Å². The zero-order valence-corrected chi connectivity index (χ0v) is 11.4. The maximum absolute atomic E-state index is 13.5. The van der Waals surface area contributed by atoms with Crippen LogP contribution in [0.1, 0.15) is 28.8 Å². The molecule has 3 nitrogen and oxygen atoms in total. The number of nitrogens with one attached hydrogen (secondary N) is 2. The highest BCUT2D eigenvalue weighted by Gasteiger charge is 2.19. The molecule has 1 unspecified atom stereocenters. The van der Waals surface area contributed by atoms with Crippen molar-refractivity contribution >= 4 is 18.3 Å². The maximum Gasteiger partial charge on any atom is 0.254 e. The molecule has 1 fully saturated rings. The fraction of sp³-hybridized carbons (Fsp3) is 0.462. The van der Waals surface area contributed by atoms with Gasteiger partial charge in [0.15, 0.2) is 0 Å². The van der Waals surface area contributed by atoms with E-state index in [0.717, 1.165) is 25.5 Å². The summed E-state index contributed by atoms with van der Waals surface area (Å²) in [6.07, 6.45) is 1.86. The van der Waals surface area contributed by atoms with Gasteiger partial charge in [0.05, 0.1) is 5.56 Å². The number of piperidine rings is 1. The monoisotopic (exact) mass is 290 g/mol. The Morgan fingerprint density at radius 1 is 1.37 bits per heavy atom. The third-order valence-electron chi connectivity index (χ3n) is 3.13. The lowest BCUT2D eigenvalue weighted by molar-refractivity contribution is 0.0926. The molecule has 1 aliphatic heterocycles. The first-order valence-electron chi connectivity index (χ1n) is 6.05. The summed E-state index contributed by atoms with van der Waals surface area (Å²) in [6.45, 7) is 3.14. The lowest BCUT2D eigenvalue weighted by Crippen LogP contribution is -2.45. The van der Waals surface area contributed by atoms with Crippen LogP contribution in [0.25, 0.3) is 0 Å². The van der Waals surface area contributed by atoms with Crippen molar-refractivity contribution in [3.63, 3.8) is 0 Å². The number of carbonyl (C=O) groups excluding carboxylic acids is 1. The second kappa shape index (κ2) is 6.82. The van der Waals surface area contributed by atoms with E-state index in [4.69, 9.17) is 0 Å². The number of hydrogen-bond donors (Lipinski definition) is 2. The Morgan fingerprint density at radius 2 is 2.11 bits per heavy atom. The van der Waals surface area contributed by atoms with Gasteiger partial charge in [0.25, 0.3) is 5.91 Å². The molecule has 0 bridgehead atoms. The van der Waals surface area contributed by atoms with Crippen LogP contribution in [-0.4, -0.2) is 25.0 Å². The van der Waals surface area contributed by atoms with E-state index in [9.17, 15) is 13.6 Å². The molecule has 1 saturated heterocycles. The summed E-state index contributed by atoms with van der Waals surface area (Å²) in [4.78, 5) is 11.9. The van der Waals surface area contributed by atoms with Crippen molar-refractivity contribution in [3.8, 4) is 0 Å². The number of amides is 1. The Morgan fingerprint density at radius 3 is 2.74 bits per heavy atom. The molecule has 0 aliphatic carbocycles. The van der Waals surface area contributed by atoms with Gasteiger partial charge >= 0.3 is 0 Å². The average Bonchev–Trinajstić information content (AvgIpc) is 2.35. The number of halogens is 3. The highest BCUT2D eigenvalue weighted by atomic mass is 35.5. The molecule has 106 valence electrons. The average molecular weight is 291 g/mol. The second-order valence-electron chi connectivity index (χ2n) is 4.60. The molecule has 19 heavy (non-hydrogen) atoms. The molecular weight excluding hydrogens is 274 g/mol. The van der Waals surface area contributed by atoms with Gasteiger partial charge in [-0.15, -0.1) is 12.4 Å². The fourth-order valence-electron chi connectivity index (χ4n) is 2.07. The van der Waals surface area contributed by atoms with E-state index in [1.54, 1.807) is 0 Å². The van der Waals surface area contributed by atoms with E-state index < -0.39 is 17.5 Å². The van der Waals surface area contributed by atoms with Gasteiger partial charge in [0, 0.05) is 18.7 Å². The van der Waals surface area contributed by atoms with Crippen LogP contribution in [0.4, 0.5) is 8.78 Å². The minimum atomic E-state index is -0.820. The molecule has 2 rings (SSSR count). The Labute approximate surface area is 117 Å². The summed E-state index contributed by atoms with van der Waals surface area (Å²) in [5.74, 6) is -1.94. The van der Waals surface area contributed by atoms with E-state index >= 15 is 0 Å². The van der Waals surface area contributed by atoms with Crippen molar-refractivity contribution in [2.24, 2.45) is 0 Å². The Balaban J connectivity index is 0.00000180. The van der Waals surface area contributed by atoms with Crippen molar-refractivity contribution in [1.82, 2.24) is 10.6 Å². The summed E-state index contributed by atoms with van der Waals surface area (Å²) >= 11 is 0. The molecule has 0 saturated carbocycles. The molecule has 0 radical (unpaired) electrons. The molecular formula is C13H17ClF2N2O. The molecule has 0 spiro atoms. The van der Waals surface area contributed by atoms with Gasteiger partial charge in [-0.2, -0.15) is 0 Å². The summed E-state index contributed by atoms with van der Waals surface area (Å²) in [7, 11) is 0. The molecule has 6 heteroatoms. The van der Waals surface area contributed by atoms with Crippen LogP contribution >= 0.6 is 12.4 Å². The first-order valence-corrected chi connectivity index (χ1v) is 6.05. The van der Waals surface area contributed by atoms with Gasteiger partial charge in [-0.05, 0) is 37.9 Å². The van der Waals surface area contributed by atoms with Gasteiger partial charge in [-0.1, -0.05) is 0 Å². The summed E-state index contributed by atoms with van der Waals surface area (Å²) in [5, 5.41) is 5.92. The number of hydrogen-bond acceptors (Lipinski definition) is 2. The van der Waals surface area contributed by atoms with E-state index in [1.807, 2.05) is 0 Å². The molecule has 0 aromatic heterocycles. The Hall–Kier alpha value is -1.20. The quantitative estimate of drug-likeness (QED) is 0.876. The van der Waals surface area contributed by atoms with Crippen molar-refractivity contribution in [2.45, 2.75) is 25.8 Å². The molecule has 1 amide bonds. The Bertz CT molecular complexity index is 462. The van der Waals surface area contributed by atoms with Crippen molar-refractivity contribution < 1.29 is 13.6 Å². The number of benzene rings is 1. The smallest absolute Gasteiger partial charge is 0.254 e. The number of rotatable bonds is 2. The van der Waals surface area contributed by atoms with Crippen LogP contribution in [0.15, 0.2) is 12.1 Å². The van der Waals surface area contributed by atoms with Gasteiger partial charge in [-0.3, -0.25) is 4.79 Å². The fourth-order valence-corrected chi connectivity index (χ4v) is 2.07. The predicted molar refractivity (Wildman–Crippen MR) is 71.7 cm³/mol. The lowest BCUT2D eigenvalue weighted by Gasteiger charge is -2.23. The molecule has 1 aromatic rings. The van der Waals surface area contributed by atoms with Gasteiger partial charge in [0.2, 0.25) is 0 Å². The minimum Gasteiger partial charge on any atom is -0.348 e. The van der Waals surface area contributed by atoms with Crippen LogP contribution < -0.4 is 10.6 Å².